The summed E-state index contributed by atoms with van der Waals surface area (Å²) in [5, 5.41) is 11.2. The average molecular weight is 365 g/mol. The van der Waals surface area contributed by atoms with E-state index in [2.05, 4.69) is 15.9 Å². The maximum absolute atomic E-state index is 11.0. The highest BCUT2D eigenvalue weighted by Gasteiger charge is 2.43. The third-order valence-corrected chi connectivity index (χ3v) is 4.30. The Hall–Kier alpha value is -0.850. The number of para-hydroxylation sites is 1. The molecule has 0 amide bonds. The molecule has 1 fully saturated rings. The van der Waals surface area contributed by atoms with Gasteiger partial charge in [-0.3, -0.25) is 10.1 Å². The zero-order valence-electron chi connectivity index (χ0n) is 10.9. The third-order valence-electron chi connectivity index (χ3n) is 3.11. The molecule has 1 aliphatic rings. The summed E-state index contributed by atoms with van der Waals surface area (Å²) in [5.74, 6) is 0.119. The Bertz CT molecular complexity index is 499. The molecular formula is C13H15BrClNO4. The summed E-state index contributed by atoms with van der Waals surface area (Å²) < 4.78 is 11.4. The molecule has 0 saturated heterocycles. The number of benzene rings is 1. The van der Waals surface area contributed by atoms with Gasteiger partial charge >= 0.3 is 5.69 Å². The highest BCUT2D eigenvalue weighted by atomic mass is 79.9. The van der Waals surface area contributed by atoms with Crippen molar-refractivity contribution in [2.75, 3.05) is 6.61 Å². The molecule has 0 radical (unpaired) electrons. The molecule has 2 rings (SSSR count). The molecular weight excluding hydrogens is 350 g/mol. The molecule has 0 heterocycles. The van der Waals surface area contributed by atoms with E-state index in [9.17, 15) is 10.1 Å². The standard InChI is InChI=1S/C13H15BrClNO4/c1-2-6-19-12-8(14)7-11(12)20-13-9(15)4-3-5-10(13)16(17)18/h3-5,8,11-12H,2,6-7H2,1H3. The number of rotatable bonds is 6. The topological polar surface area (TPSA) is 61.6 Å². The van der Waals surface area contributed by atoms with Crippen LogP contribution in [0.1, 0.15) is 19.8 Å². The second-order valence-electron chi connectivity index (χ2n) is 4.59. The predicted molar refractivity (Wildman–Crippen MR) is 79.9 cm³/mol. The van der Waals surface area contributed by atoms with E-state index in [0.717, 1.165) is 12.8 Å². The highest BCUT2D eigenvalue weighted by Crippen LogP contribution is 2.40. The van der Waals surface area contributed by atoms with E-state index in [1.165, 1.54) is 12.1 Å². The Balaban J connectivity index is 2.12. The van der Waals surface area contributed by atoms with Crippen LogP contribution in [0.3, 0.4) is 0 Å². The predicted octanol–water partition coefficient (Wildman–Crippen LogP) is 3.96. The van der Waals surface area contributed by atoms with E-state index in [1.807, 2.05) is 6.92 Å². The molecule has 0 N–H and O–H groups in total. The number of nitrogens with zero attached hydrogens (tertiary/aromatic N) is 1. The van der Waals surface area contributed by atoms with E-state index < -0.39 is 4.92 Å². The van der Waals surface area contributed by atoms with Gasteiger partial charge in [0.2, 0.25) is 5.75 Å². The number of nitro groups is 1. The summed E-state index contributed by atoms with van der Waals surface area (Å²) in [5.41, 5.74) is -0.121. The number of hydrogen-bond donors (Lipinski definition) is 0. The van der Waals surface area contributed by atoms with Crippen molar-refractivity contribution < 1.29 is 14.4 Å². The third kappa shape index (κ3) is 3.24. The summed E-state index contributed by atoms with van der Waals surface area (Å²) >= 11 is 9.51. The average Bonchev–Trinajstić information content (AvgIpc) is 2.40. The lowest BCUT2D eigenvalue weighted by molar-refractivity contribution is -0.386. The van der Waals surface area contributed by atoms with Crippen LogP contribution < -0.4 is 4.74 Å². The van der Waals surface area contributed by atoms with Crippen LogP contribution in [0.2, 0.25) is 5.02 Å². The monoisotopic (exact) mass is 363 g/mol. The van der Waals surface area contributed by atoms with Gasteiger partial charge in [-0.1, -0.05) is 40.5 Å². The van der Waals surface area contributed by atoms with Gasteiger partial charge in [0, 0.05) is 23.9 Å². The molecule has 7 heteroatoms. The number of nitro benzene ring substituents is 1. The fourth-order valence-corrected chi connectivity index (χ4v) is 3.09. The van der Waals surface area contributed by atoms with Gasteiger partial charge in [0.15, 0.2) is 0 Å². The van der Waals surface area contributed by atoms with Crippen molar-refractivity contribution in [2.24, 2.45) is 0 Å². The summed E-state index contributed by atoms with van der Waals surface area (Å²) in [7, 11) is 0. The maximum atomic E-state index is 11.0. The van der Waals surface area contributed by atoms with Crippen molar-refractivity contribution in [2.45, 2.75) is 36.8 Å². The van der Waals surface area contributed by atoms with Crippen molar-refractivity contribution in [1.82, 2.24) is 0 Å². The molecule has 20 heavy (non-hydrogen) atoms. The van der Waals surface area contributed by atoms with Gasteiger partial charge in [-0.15, -0.1) is 0 Å². The van der Waals surface area contributed by atoms with Crippen LogP contribution >= 0.6 is 27.5 Å². The van der Waals surface area contributed by atoms with Crippen molar-refractivity contribution in [1.29, 1.82) is 0 Å². The fraction of sp³-hybridized carbons (Fsp3) is 0.538. The first-order chi connectivity index (χ1) is 9.54. The number of halogens is 2. The van der Waals surface area contributed by atoms with Gasteiger partial charge in [-0.25, -0.2) is 0 Å². The van der Waals surface area contributed by atoms with Crippen LogP contribution in [-0.4, -0.2) is 28.6 Å². The quantitative estimate of drug-likeness (QED) is 0.435. The number of hydrogen-bond acceptors (Lipinski definition) is 4. The minimum Gasteiger partial charge on any atom is -0.480 e. The second-order valence-corrected chi connectivity index (χ2v) is 6.17. The van der Waals surface area contributed by atoms with E-state index in [-0.39, 0.29) is 33.5 Å². The van der Waals surface area contributed by atoms with Gasteiger partial charge in [0.25, 0.3) is 0 Å². The molecule has 110 valence electrons. The lowest BCUT2D eigenvalue weighted by atomic mass is 9.91. The van der Waals surface area contributed by atoms with Crippen molar-refractivity contribution >= 4 is 33.2 Å². The van der Waals surface area contributed by atoms with Gasteiger partial charge in [0.1, 0.15) is 12.2 Å². The first-order valence-electron chi connectivity index (χ1n) is 6.39. The van der Waals surface area contributed by atoms with Crippen molar-refractivity contribution in [3.63, 3.8) is 0 Å². The Labute approximate surface area is 130 Å². The Morgan fingerprint density at radius 1 is 1.55 bits per heavy atom. The van der Waals surface area contributed by atoms with E-state index in [4.69, 9.17) is 21.1 Å². The van der Waals surface area contributed by atoms with Crippen LogP contribution in [0.25, 0.3) is 0 Å². The van der Waals surface area contributed by atoms with E-state index in [0.29, 0.717) is 6.61 Å². The largest absolute Gasteiger partial charge is 0.480 e. The molecule has 0 spiro atoms. The molecule has 0 bridgehead atoms. The molecule has 1 aliphatic carbocycles. The maximum Gasteiger partial charge on any atom is 0.312 e. The fourth-order valence-electron chi connectivity index (χ4n) is 2.02. The zero-order chi connectivity index (χ0) is 14.7. The van der Waals surface area contributed by atoms with Gasteiger partial charge in [-0.05, 0) is 12.5 Å². The van der Waals surface area contributed by atoms with Gasteiger partial charge < -0.3 is 9.47 Å². The summed E-state index contributed by atoms with van der Waals surface area (Å²) in [4.78, 5) is 10.7. The molecule has 0 aromatic heterocycles. The van der Waals surface area contributed by atoms with Crippen LogP contribution in [-0.2, 0) is 4.74 Å². The Kier molecular flexibility index (Phi) is 5.23. The number of alkyl halides is 1. The molecule has 0 aliphatic heterocycles. The summed E-state index contributed by atoms with van der Waals surface area (Å²) in [6, 6.07) is 4.50. The SMILES string of the molecule is CCCOC1C(Br)CC1Oc1c(Cl)cccc1[N+](=O)[O-]. The first kappa shape index (κ1) is 15.5. The summed E-state index contributed by atoms with van der Waals surface area (Å²) in [6.07, 6.45) is 1.32. The smallest absolute Gasteiger partial charge is 0.312 e. The van der Waals surface area contributed by atoms with Crippen LogP contribution in [0.5, 0.6) is 5.75 Å². The molecule has 1 aromatic carbocycles. The molecule has 1 saturated carbocycles. The zero-order valence-corrected chi connectivity index (χ0v) is 13.3. The minimum atomic E-state index is -0.493. The van der Waals surface area contributed by atoms with Crippen LogP contribution in [0, 0.1) is 10.1 Å². The van der Waals surface area contributed by atoms with E-state index in [1.54, 1.807) is 6.07 Å². The van der Waals surface area contributed by atoms with E-state index >= 15 is 0 Å². The first-order valence-corrected chi connectivity index (χ1v) is 7.69. The normalized spacial score (nSPS) is 25.1. The molecule has 1 aromatic rings. The van der Waals surface area contributed by atoms with Crippen LogP contribution in [0.15, 0.2) is 18.2 Å². The molecule has 3 unspecified atom stereocenters. The van der Waals surface area contributed by atoms with Gasteiger partial charge in [-0.2, -0.15) is 0 Å². The minimum absolute atomic E-state index is 0.106. The second kappa shape index (κ2) is 6.74. The number of ether oxygens (including phenoxy) is 2. The lowest BCUT2D eigenvalue weighted by Gasteiger charge is -2.40. The molecule has 3 atom stereocenters. The van der Waals surface area contributed by atoms with Gasteiger partial charge in [0.05, 0.1) is 9.95 Å². The van der Waals surface area contributed by atoms with Crippen molar-refractivity contribution in [3.05, 3.63) is 33.3 Å². The van der Waals surface area contributed by atoms with Crippen molar-refractivity contribution in [3.8, 4) is 5.75 Å². The van der Waals surface area contributed by atoms with Crippen LogP contribution in [0.4, 0.5) is 5.69 Å². The summed E-state index contributed by atoms with van der Waals surface area (Å²) in [6.45, 7) is 2.66. The molecule has 5 nitrogen and oxygen atoms in total. The Morgan fingerprint density at radius 2 is 2.30 bits per heavy atom. The Morgan fingerprint density at radius 3 is 2.90 bits per heavy atom. The highest BCUT2D eigenvalue weighted by molar-refractivity contribution is 9.09. The lowest BCUT2D eigenvalue weighted by Crippen LogP contribution is -2.52.